The Morgan fingerprint density at radius 1 is 1.22 bits per heavy atom. The summed E-state index contributed by atoms with van der Waals surface area (Å²) in [5.74, 6) is -0.117. The molecule has 0 N–H and O–H groups in total. The zero-order valence-corrected chi connectivity index (χ0v) is 12.8. The van der Waals surface area contributed by atoms with Gasteiger partial charge in [0.15, 0.2) is 0 Å². The van der Waals surface area contributed by atoms with Crippen molar-refractivity contribution in [1.29, 1.82) is 5.26 Å². The van der Waals surface area contributed by atoms with Gasteiger partial charge in [-0.2, -0.15) is 10.3 Å². The molecule has 0 saturated carbocycles. The van der Waals surface area contributed by atoms with Crippen LogP contribution in [0.5, 0.6) is 0 Å². The summed E-state index contributed by atoms with van der Waals surface area (Å²) in [5, 5.41) is 11.0. The lowest BCUT2D eigenvalue weighted by molar-refractivity contribution is -0.0915. The van der Waals surface area contributed by atoms with E-state index in [4.69, 9.17) is 4.53 Å². The van der Waals surface area contributed by atoms with Gasteiger partial charge in [0.2, 0.25) is 8.32 Å². The van der Waals surface area contributed by atoms with E-state index in [9.17, 15) is 5.26 Å². The van der Waals surface area contributed by atoms with Gasteiger partial charge in [-0.25, -0.2) is 0 Å². The fraction of sp³-hybridized carbons (Fsp3) is 0.500. The zero-order chi connectivity index (χ0) is 13.8. The lowest BCUT2D eigenvalue weighted by atomic mass is 9.96. The number of nitriles is 1. The molecule has 0 aliphatic heterocycles. The van der Waals surface area contributed by atoms with E-state index < -0.39 is 8.32 Å². The smallest absolute Gasteiger partial charge is 0.212 e. The Morgan fingerprint density at radius 3 is 2.22 bits per heavy atom. The van der Waals surface area contributed by atoms with Gasteiger partial charge in [0.05, 0.1) is 18.0 Å². The maximum atomic E-state index is 9.19. The maximum Gasteiger partial charge on any atom is 0.212 e. The molecule has 0 spiro atoms. The van der Waals surface area contributed by atoms with Crippen molar-refractivity contribution in [3.63, 3.8) is 0 Å². The molecule has 98 valence electrons. The molecule has 0 radical (unpaired) electrons. The van der Waals surface area contributed by atoms with Crippen LogP contribution in [0.1, 0.15) is 18.5 Å². The first-order valence-corrected chi connectivity index (χ1v) is 9.62. The van der Waals surface area contributed by atoms with Crippen molar-refractivity contribution in [3.8, 4) is 6.07 Å². The highest BCUT2D eigenvalue weighted by Gasteiger charge is 2.28. The Hall–Kier alpha value is -1.15. The predicted octanol–water partition coefficient (Wildman–Crippen LogP) is 3.59. The number of hydroxylamine groups is 2. The summed E-state index contributed by atoms with van der Waals surface area (Å²) in [6.07, 6.45) is 0. The molecule has 1 aromatic carbocycles. The van der Waals surface area contributed by atoms with Crippen LogP contribution >= 0.6 is 0 Å². The molecule has 0 heterocycles. The molecule has 0 aromatic heterocycles. The maximum absolute atomic E-state index is 9.19. The van der Waals surface area contributed by atoms with Gasteiger partial charge in [-0.1, -0.05) is 30.3 Å². The van der Waals surface area contributed by atoms with Crippen LogP contribution in [0, 0.1) is 17.2 Å². The van der Waals surface area contributed by atoms with Gasteiger partial charge in [0, 0.05) is 7.05 Å². The van der Waals surface area contributed by atoms with Gasteiger partial charge >= 0.3 is 0 Å². The lowest BCUT2D eigenvalue weighted by Crippen LogP contribution is -2.39. The molecule has 0 amide bonds. The van der Waals surface area contributed by atoms with Gasteiger partial charge < -0.3 is 4.53 Å². The normalized spacial score (nSPS) is 15.2. The van der Waals surface area contributed by atoms with Gasteiger partial charge in [-0.15, -0.1) is 0 Å². The summed E-state index contributed by atoms with van der Waals surface area (Å²) in [7, 11) is 0.262. The van der Waals surface area contributed by atoms with E-state index in [-0.39, 0.29) is 12.0 Å². The molecule has 1 rings (SSSR count). The first kappa shape index (κ1) is 14.9. The molecule has 0 fully saturated rings. The second-order valence-corrected chi connectivity index (χ2v) is 9.93. The molecule has 1 aromatic rings. The average molecular weight is 262 g/mol. The molecule has 2 unspecified atom stereocenters. The molecule has 18 heavy (non-hydrogen) atoms. The monoisotopic (exact) mass is 262 g/mol. The van der Waals surface area contributed by atoms with Crippen molar-refractivity contribution >= 4 is 8.32 Å². The minimum atomic E-state index is -1.66. The number of hydrogen-bond acceptors (Lipinski definition) is 3. The van der Waals surface area contributed by atoms with Crippen LogP contribution in [-0.4, -0.2) is 20.4 Å². The van der Waals surface area contributed by atoms with Crippen molar-refractivity contribution in [2.24, 2.45) is 5.92 Å². The molecule has 0 bridgehead atoms. The Bertz CT molecular complexity index is 408. The van der Waals surface area contributed by atoms with E-state index >= 15 is 0 Å². The lowest BCUT2D eigenvalue weighted by Gasteiger charge is -2.34. The van der Waals surface area contributed by atoms with E-state index in [1.165, 1.54) is 0 Å². The van der Waals surface area contributed by atoms with Crippen LogP contribution in [0.4, 0.5) is 0 Å². The van der Waals surface area contributed by atoms with Gasteiger partial charge in [0.25, 0.3) is 0 Å². The molecular formula is C14H22N2OSi. The van der Waals surface area contributed by atoms with Crippen LogP contribution in [0.15, 0.2) is 30.3 Å². The Labute approximate surface area is 111 Å². The van der Waals surface area contributed by atoms with E-state index in [0.29, 0.717) is 0 Å². The summed E-state index contributed by atoms with van der Waals surface area (Å²) < 4.78 is 6.00. The van der Waals surface area contributed by atoms with Crippen LogP contribution < -0.4 is 0 Å². The van der Waals surface area contributed by atoms with Crippen LogP contribution in [0.2, 0.25) is 19.6 Å². The summed E-state index contributed by atoms with van der Waals surface area (Å²) in [6, 6.07) is 12.4. The average Bonchev–Trinajstić information content (AvgIpc) is 2.28. The molecule has 0 aliphatic carbocycles. The van der Waals surface area contributed by atoms with Crippen molar-refractivity contribution in [2.45, 2.75) is 32.6 Å². The number of nitrogens with zero attached hydrogens (tertiary/aromatic N) is 2. The predicted molar refractivity (Wildman–Crippen MR) is 76.2 cm³/mol. The number of hydrogen-bond donors (Lipinski definition) is 0. The molecule has 0 saturated heterocycles. The fourth-order valence-corrected chi connectivity index (χ4v) is 3.00. The summed E-state index contributed by atoms with van der Waals surface area (Å²) in [6.45, 7) is 8.36. The molecule has 3 nitrogen and oxygen atoms in total. The Kier molecular flexibility index (Phi) is 5.09. The quantitative estimate of drug-likeness (QED) is 0.601. The summed E-state index contributed by atoms with van der Waals surface area (Å²) in [5.41, 5.74) is 1.12. The molecule has 2 atom stereocenters. The van der Waals surface area contributed by atoms with Crippen molar-refractivity contribution in [3.05, 3.63) is 35.9 Å². The third-order valence-corrected chi connectivity index (χ3v) is 3.46. The Morgan fingerprint density at radius 2 is 1.78 bits per heavy atom. The molecule has 4 heteroatoms. The Balaban J connectivity index is 2.97. The molecular weight excluding hydrogens is 240 g/mol. The van der Waals surface area contributed by atoms with Gasteiger partial charge in [-0.05, 0) is 32.1 Å². The first-order chi connectivity index (χ1) is 8.35. The van der Waals surface area contributed by atoms with E-state index in [1.54, 1.807) is 0 Å². The second-order valence-electron chi connectivity index (χ2n) is 5.52. The van der Waals surface area contributed by atoms with E-state index in [1.807, 2.05) is 49.4 Å². The minimum Gasteiger partial charge on any atom is -0.343 e. The standard InChI is InChI=1S/C14H22N2OSi/c1-12(11-15)14(13-9-7-6-8-10-13)16(2)17-18(3,4)5/h6-10,12,14H,1-5H3. The van der Waals surface area contributed by atoms with Crippen LogP contribution in [0.25, 0.3) is 0 Å². The molecule has 0 aliphatic rings. The van der Waals surface area contributed by atoms with Crippen molar-refractivity contribution in [1.82, 2.24) is 5.06 Å². The van der Waals surface area contributed by atoms with E-state index in [2.05, 4.69) is 25.7 Å². The third kappa shape index (κ3) is 4.26. The van der Waals surface area contributed by atoms with Crippen molar-refractivity contribution < 1.29 is 4.53 Å². The largest absolute Gasteiger partial charge is 0.343 e. The highest BCUT2D eigenvalue weighted by atomic mass is 28.4. The fourth-order valence-electron chi connectivity index (χ4n) is 2.02. The topological polar surface area (TPSA) is 36.3 Å². The highest BCUT2D eigenvalue weighted by Crippen LogP contribution is 2.28. The van der Waals surface area contributed by atoms with Gasteiger partial charge in [-0.3, -0.25) is 0 Å². The van der Waals surface area contributed by atoms with Crippen LogP contribution in [-0.2, 0) is 4.53 Å². The first-order valence-electron chi connectivity index (χ1n) is 6.21. The van der Waals surface area contributed by atoms with Crippen molar-refractivity contribution in [2.75, 3.05) is 7.05 Å². The minimum absolute atomic E-state index is 0.0251. The SMILES string of the molecule is CC(C#N)C(c1ccccc1)N(C)O[Si](C)(C)C. The number of benzene rings is 1. The third-order valence-electron chi connectivity index (χ3n) is 2.63. The van der Waals surface area contributed by atoms with E-state index in [0.717, 1.165) is 5.56 Å². The van der Waals surface area contributed by atoms with Crippen LogP contribution in [0.3, 0.4) is 0 Å². The summed E-state index contributed by atoms with van der Waals surface area (Å²) in [4.78, 5) is 0. The van der Waals surface area contributed by atoms with Gasteiger partial charge in [0.1, 0.15) is 0 Å². The second kappa shape index (κ2) is 6.14. The zero-order valence-electron chi connectivity index (χ0n) is 11.8. The highest BCUT2D eigenvalue weighted by molar-refractivity contribution is 6.69. The number of rotatable bonds is 5. The summed E-state index contributed by atoms with van der Waals surface area (Å²) >= 11 is 0.